The molecule has 0 aliphatic heterocycles. The standard InChI is InChI=1S/C13H27NO/c1-11-5-6-13(9-11,10-14)15-8-7-12(2,3)4/h11H,5-10,14H2,1-4H3. The molecule has 0 aromatic heterocycles. The molecule has 1 aliphatic carbocycles. The monoisotopic (exact) mass is 213 g/mol. The van der Waals surface area contributed by atoms with Crippen molar-refractivity contribution in [1.82, 2.24) is 0 Å². The fourth-order valence-corrected chi connectivity index (χ4v) is 2.30. The zero-order valence-corrected chi connectivity index (χ0v) is 10.8. The van der Waals surface area contributed by atoms with Gasteiger partial charge in [0.15, 0.2) is 0 Å². The lowest BCUT2D eigenvalue weighted by atomic mass is 9.92. The van der Waals surface area contributed by atoms with E-state index in [-0.39, 0.29) is 5.60 Å². The van der Waals surface area contributed by atoms with Gasteiger partial charge in [0.05, 0.1) is 5.60 Å². The average Bonchev–Trinajstić information content (AvgIpc) is 2.46. The van der Waals surface area contributed by atoms with Crippen LogP contribution in [0, 0.1) is 11.3 Å². The molecular weight excluding hydrogens is 186 g/mol. The molecule has 90 valence electrons. The Morgan fingerprint density at radius 1 is 1.40 bits per heavy atom. The quantitative estimate of drug-likeness (QED) is 0.779. The molecule has 0 amide bonds. The number of hydrogen-bond donors (Lipinski definition) is 1. The van der Waals surface area contributed by atoms with Crippen molar-refractivity contribution in [3.05, 3.63) is 0 Å². The average molecular weight is 213 g/mol. The summed E-state index contributed by atoms with van der Waals surface area (Å²) < 4.78 is 6.06. The highest BCUT2D eigenvalue weighted by Crippen LogP contribution is 2.37. The Balaban J connectivity index is 2.35. The summed E-state index contributed by atoms with van der Waals surface area (Å²) in [7, 11) is 0. The molecule has 0 heterocycles. The lowest BCUT2D eigenvalue weighted by Crippen LogP contribution is -2.39. The van der Waals surface area contributed by atoms with Crippen molar-refractivity contribution in [2.24, 2.45) is 17.1 Å². The molecule has 0 bridgehead atoms. The predicted molar refractivity (Wildman–Crippen MR) is 64.8 cm³/mol. The summed E-state index contributed by atoms with van der Waals surface area (Å²) in [6.45, 7) is 10.6. The van der Waals surface area contributed by atoms with E-state index < -0.39 is 0 Å². The first-order valence-electron chi connectivity index (χ1n) is 6.21. The summed E-state index contributed by atoms with van der Waals surface area (Å²) in [5.41, 5.74) is 6.22. The van der Waals surface area contributed by atoms with Crippen LogP contribution in [0.3, 0.4) is 0 Å². The van der Waals surface area contributed by atoms with Gasteiger partial charge in [-0.3, -0.25) is 0 Å². The Kier molecular flexibility index (Phi) is 4.19. The highest BCUT2D eigenvalue weighted by molar-refractivity contribution is 4.90. The van der Waals surface area contributed by atoms with Crippen molar-refractivity contribution < 1.29 is 4.74 Å². The van der Waals surface area contributed by atoms with Crippen LogP contribution in [0.4, 0.5) is 0 Å². The van der Waals surface area contributed by atoms with Gasteiger partial charge in [-0.25, -0.2) is 0 Å². The zero-order chi connectivity index (χ0) is 11.5. The summed E-state index contributed by atoms with van der Waals surface area (Å²) in [6, 6.07) is 0. The van der Waals surface area contributed by atoms with Gasteiger partial charge in [0.25, 0.3) is 0 Å². The molecule has 1 aliphatic rings. The first-order valence-corrected chi connectivity index (χ1v) is 6.21. The van der Waals surface area contributed by atoms with Crippen molar-refractivity contribution in [2.45, 2.75) is 59.0 Å². The van der Waals surface area contributed by atoms with E-state index in [1.807, 2.05) is 0 Å². The van der Waals surface area contributed by atoms with Crippen LogP contribution >= 0.6 is 0 Å². The minimum absolute atomic E-state index is 0.00463. The van der Waals surface area contributed by atoms with Gasteiger partial charge in [-0.2, -0.15) is 0 Å². The lowest BCUT2D eigenvalue weighted by Gasteiger charge is -2.30. The minimum atomic E-state index is 0.00463. The maximum Gasteiger partial charge on any atom is 0.0806 e. The molecule has 2 unspecified atom stereocenters. The number of rotatable bonds is 4. The Hall–Kier alpha value is -0.0800. The summed E-state index contributed by atoms with van der Waals surface area (Å²) in [6.07, 6.45) is 4.68. The van der Waals surface area contributed by atoms with Gasteiger partial charge in [0, 0.05) is 13.2 Å². The van der Waals surface area contributed by atoms with Crippen LogP contribution < -0.4 is 5.73 Å². The van der Waals surface area contributed by atoms with Gasteiger partial charge in [-0.05, 0) is 37.0 Å². The fourth-order valence-electron chi connectivity index (χ4n) is 2.30. The second-order valence-corrected chi connectivity index (χ2v) is 6.39. The van der Waals surface area contributed by atoms with E-state index in [9.17, 15) is 0 Å². The van der Waals surface area contributed by atoms with Gasteiger partial charge < -0.3 is 10.5 Å². The Morgan fingerprint density at radius 3 is 2.47 bits per heavy atom. The van der Waals surface area contributed by atoms with E-state index in [1.54, 1.807) is 0 Å². The van der Waals surface area contributed by atoms with E-state index in [0.717, 1.165) is 31.8 Å². The Labute approximate surface area is 94.6 Å². The second-order valence-electron chi connectivity index (χ2n) is 6.39. The summed E-state index contributed by atoms with van der Waals surface area (Å²) >= 11 is 0. The zero-order valence-electron chi connectivity index (χ0n) is 10.8. The second kappa shape index (κ2) is 4.84. The maximum absolute atomic E-state index is 6.06. The Bertz CT molecular complexity index is 197. The van der Waals surface area contributed by atoms with Crippen LogP contribution in [0.15, 0.2) is 0 Å². The SMILES string of the molecule is CC1CCC(CN)(OCCC(C)(C)C)C1. The molecular formula is C13H27NO. The van der Waals surface area contributed by atoms with Gasteiger partial charge in [-0.15, -0.1) is 0 Å². The van der Waals surface area contributed by atoms with Crippen LogP contribution in [0.5, 0.6) is 0 Å². The number of ether oxygens (including phenoxy) is 1. The first-order chi connectivity index (χ1) is 6.87. The highest BCUT2D eigenvalue weighted by atomic mass is 16.5. The van der Waals surface area contributed by atoms with Gasteiger partial charge in [0.2, 0.25) is 0 Å². The normalized spacial score (nSPS) is 32.2. The molecule has 1 saturated carbocycles. The van der Waals surface area contributed by atoms with Crippen LogP contribution in [-0.4, -0.2) is 18.8 Å². The summed E-state index contributed by atoms with van der Waals surface area (Å²) in [5.74, 6) is 0.781. The largest absolute Gasteiger partial charge is 0.374 e. The van der Waals surface area contributed by atoms with Crippen LogP contribution in [0.1, 0.15) is 53.4 Å². The molecule has 1 rings (SSSR count). The van der Waals surface area contributed by atoms with Crippen LogP contribution in [-0.2, 0) is 4.74 Å². The lowest BCUT2D eigenvalue weighted by molar-refractivity contribution is -0.0446. The van der Waals surface area contributed by atoms with Crippen molar-refractivity contribution in [3.8, 4) is 0 Å². The molecule has 0 radical (unpaired) electrons. The van der Waals surface area contributed by atoms with Crippen molar-refractivity contribution in [3.63, 3.8) is 0 Å². The molecule has 0 aromatic rings. The Morgan fingerprint density at radius 2 is 2.07 bits per heavy atom. The number of nitrogens with two attached hydrogens (primary N) is 1. The van der Waals surface area contributed by atoms with Gasteiger partial charge in [0.1, 0.15) is 0 Å². The molecule has 0 aromatic carbocycles. The molecule has 2 nitrogen and oxygen atoms in total. The predicted octanol–water partition coefficient (Wildman–Crippen LogP) is 2.96. The molecule has 0 spiro atoms. The molecule has 1 fully saturated rings. The minimum Gasteiger partial charge on any atom is -0.374 e. The van der Waals surface area contributed by atoms with E-state index in [2.05, 4.69) is 27.7 Å². The van der Waals surface area contributed by atoms with Crippen molar-refractivity contribution >= 4 is 0 Å². The fraction of sp³-hybridized carbons (Fsp3) is 1.00. The van der Waals surface area contributed by atoms with E-state index >= 15 is 0 Å². The van der Waals surface area contributed by atoms with Crippen molar-refractivity contribution in [2.75, 3.05) is 13.2 Å². The summed E-state index contributed by atoms with van der Waals surface area (Å²) in [4.78, 5) is 0. The smallest absolute Gasteiger partial charge is 0.0806 e. The third-order valence-corrected chi connectivity index (χ3v) is 3.45. The first kappa shape index (κ1) is 13.0. The molecule has 15 heavy (non-hydrogen) atoms. The molecule has 0 saturated heterocycles. The third kappa shape index (κ3) is 4.12. The molecule has 2 atom stereocenters. The molecule has 2 heteroatoms. The maximum atomic E-state index is 6.06. The van der Waals surface area contributed by atoms with E-state index in [1.165, 1.54) is 6.42 Å². The number of hydrogen-bond acceptors (Lipinski definition) is 2. The van der Waals surface area contributed by atoms with E-state index in [0.29, 0.717) is 12.0 Å². The van der Waals surface area contributed by atoms with E-state index in [4.69, 9.17) is 10.5 Å². The summed E-state index contributed by atoms with van der Waals surface area (Å²) in [5, 5.41) is 0. The van der Waals surface area contributed by atoms with Gasteiger partial charge in [-0.1, -0.05) is 27.7 Å². The topological polar surface area (TPSA) is 35.2 Å². The molecule has 2 N–H and O–H groups in total. The van der Waals surface area contributed by atoms with Crippen LogP contribution in [0.25, 0.3) is 0 Å². The van der Waals surface area contributed by atoms with Gasteiger partial charge >= 0.3 is 0 Å². The van der Waals surface area contributed by atoms with Crippen molar-refractivity contribution in [1.29, 1.82) is 0 Å². The van der Waals surface area contributed by atoms with Crippen LogP contribution in [0.2, 0.25) is 0 Å². The third-order valence-electron chi connectivity index (χ3n) is 3.45. The highest BCUT2D eigenvalue weighted by Gasteiger charge is 2.37.